The number of rotatable bonds is 9. The quantitative estimate of drug-likeness (QED) is 0.274. The Hall–Kier alpha value is -1.32. The molecule has 0 radical (unpaired) electrons. The molecule has 0 aliphatic carbocycles. The molecule has 0 spiro atoms. The predicted octanol–water partition coefficient (Wildman–Crippen LogP) is 4.12. The number of benzene rings is 1. The molecule has 150 valence electrons. The summed E-state index contributed by atoms with van der Waals surface area (Å²) in [6.07, 6.45) is 0.987. The summed E-state index contributed by atoms with van der Waals surface area (Å²) in [6.45, 7) is 8.32. The number of aliphatic imine (C=N–C) groups is 1. The van der Waals surface area contributed by atoms with Crippen LogP contribution in [0.2, 0.25) is 0 Å². The van der Waals surface area contributed by atoms with Crippen molar-refractivity contribution >= 4 is 41.3 Å². The third-order valence-electron chi connectivity index (χ3n) is 3.79. The van der Waals surface area contributed by atoms with Crippen molar-refractivity contribution < 1.29 is 9.84 Å². The maximum atomic E-state index is 10.6. The number of aliphatic hydroxyl groups is 1. The van der Waals surface area contributed by atoms with Crippen molar-refractivity contribution in [2.45, 2.75) is 39.3 Å². The van der Waals surface area contributed by atoms with E-state index < -0.39 is 5.60 Å². The summed E-state index contributed by atoms with van der Waals surface area (Å²) in [5.74, 6) is 1.56. The van der Waals surface area contributed by atoms with E-state index in [0.717, 1.165) is 29.2 Å². The lowest BCUT2D eigenvalue weighted by molar-refractivity contribution is 0.0655. The Balaban J connectivity index is 0.00000364. The van der Waals surface area contributed by atoms with Crippen LogP contribution in [0.15, 0.2) is 46.8 Å². The number of hydrogen-bond donors (Lipinski definition) is 3. The third kappa shape index (κ3) is 8.06. The fraction of sp³-hybridized carbons (Fsp3) is 0.450. The summed E-state index contributed by atoms with van der Waals surface area (Å²) < 4.78 is 5.67. The van der Waals surface area contributed by atoms with Crippen LogP contribution in [0.4, 0.5) is 0 Å². The Labute approximate surface area is 183 Å². The average molecular weight is 503 g/mol. The molecule has 27 heavy (non-hydrogen) atoms. The van der Waals surface area contributed by atoms with Gasteiger partial charge in [0.2, 0.25) is 0 Å². The maximum Gasteiger partial charge on any atom is 0.191 e. The first kappa shape index (κ1) is 23.7. The highest BCUT2D eigenvalue weighted by Gasteiger charge is 2.24. The van der Waals surface area contributed by atoms with Crippen LogP contribution in [-0.4, -0.2) is 30.8 Å². The van der Waals surface area contributed by atoms with Gasteiger partial charge in [0, 0.05) is 11.4 Å². The summed E-state index contributed by atoms with van der Waals surface area (Å²) in [5, 5.41) is 19.1. The topological polar surface area (TPSA) is 65.9 Å². The molecule has 0 aliphatic rings. The van der Waals surface area contributed by atoms with E-state index in [9.17, 15) is 5.11 Å². The normalized spacial score (nSPS) is 13.4. The average Bonchev–Trinajstić information content (AvgIpc) is 3.18. The van der Waals surface area contributed by atoms with Crippen LogP contribution in [0.1, 0.15) is 37.6 Å². The highest BCUT2D eigenvalue weighted by atomic mass is 127. The number of nitrogens with zero attached hydrogens (tertiary/aromatic N) is 1. The van der Waals surface area contributed by atoms with E-state index in [1.54, 1.807) is 11.3 Å². The number of ether oxygens (including phenoxy) is 1. The van der Waals surface area contributed by atoms with Crippen molar-refractivity contribution in [3.8, 4) is 5.75 Å². The van der Waals surface area contributed by atoms with Gasteiger partial charge in [-0.1, -0.05) is 25.1 Å². The molecule has 1 heterocycles. The van der Waals surface area contributed by atoms with Crippen LogP contribution >= 0.6 is 35.3 Å². The van der Waals surface area contributed by atoms with Crippen molar-refractivity contribution in [2.24, 2.45) is 4.99 Å². The van der Waals surface area contributed by atoms with Gasteiger partial charge in [-0.3, -0.25) is 0 Å². The van der Waals surface area contributed by atoms with Crippen LogP contribution in [0.3, 0.4) is 0 Å². The predicted molar refractivity (Wildman–Crippen MR) is 124 cm³/mol. The van der Waals surface area contributed by atoms with E-state index in [4.69, 9.17) is 4.74 Å². The zero-order valence-electron chi connectivity index (χ0n) is 16.2. The summed E-state index contributed by atoms with van der Waals surface area (Å²) in [4.78, 5) is 5.55. The molecule has 0 fully saturated rings. The molecule has 2 rings (SSSR count). The molecule has 0 aliphatic heterocycles. The van der Waals surface area contributed by atoms with Crippen molar-refractivity contribution in [3.05, 3.63) is 52.2 Å². The molecule has 1 unspecified atom stereocenters. The molecule has 1 aromatic heterocycles. The first-order valence-electron chi connectivity index (χ1n) is 9.05. The largest absolute Gasteiger partial charge is 0.494 e. The van der Waals surface area contributed by atoms with E-state index in [2.05, 4.69) is 22.5 Å². The first-order valence-corrected chi connectivity index (χ1v) is 9.93. The standard InChI is InChI=1S/C20H29N3O2S.HI/c1-4-11-25-17-9-6-8-16(13-17)14-22-19(21-5-2)23-15-20(3,24)18-10-7-12-26-18;/h6-10,12-13,24H,4-5,11,14-15H2,1-3H3,(H2,21,22,23);1H. The minimum atomic E-state index is -0.932. The molecule has 0 bridgehead atoms. The molecule has 3 N–H and O–H groups in total. The summed E-state index contributed by atoms with van der Waals surface area (Å²) in [7, 11) is 0. The highest BCUT2D eigenvalue weighted by molar-refractivity contribution is 14.0. The van der Waals surface area contributed by atoms with Crippen LogP contribution < -0.4 is 15.4 Å². The molecular weight excluding hydrogens is 473 g/mol. The van der Waals surface area contributed by atoms with E-state index >= 15 is 0 Å². The number of thiophene rings is 1. The van der Waals surface area contributed by atoms with Crippen LogP contribution in [0.25, 0.3) is 0 Å². The second kappa shape index (κ2) is 12.2. The van der Waals surface area contributed by atoms with Gasteiger partial charge in [0.25, 0.3) is 0 Å². The molecule has 5 nitrogen and oxygen atoms in total. The second-order valence-electron chi connectivity index (χ2n) is 6.30. The van der Waals surface area contributed by atoms with Crippen LogP contribution in [0, 0.1) is 0 Å². The fourth-order valence-electron chi connectivity index (χ4n) is 2.39. The lowest BCUT2D eigenvalue weighted by atomic mass is 10.1. The van der Waals surface area contributed by atoms with E-state index in [0.29, 0.717) is 25.7 Å². The van der Waals surface area contributed by atoms with Gasteiger partial charge in [-0.2, -0.15) is 0 Å². The van der Waals surface area contributed by atoms with E-state index in [-0.39, 0.29) is 24.0 Å². The third-order valence-corrected chi connectivity index (χ3v) is 4.91. The van der Waals surface area contributed by atoms with Gasteiger partial charge < -0.3 is 20.5 Å². The van der Waals surface area contributed by atoms with Gasteiger partial charge in [-0.05, 0) is 49.4 Å². The molecular formula is C20H30IN3O2S. The minimum absolute atomic E-state index is 0. The van der Waals surface area contributed by atoms with Crippen LogP contribution in [0.5, 0.6) is 5.75 Å². The van der Waals surface area contributed by atoms with E-state index in [1.807, 2.05) is 55.6 Å². The van der Waals surface area contributed by atoms with E-state index in [1.165, 1.54) is 0 Å². The molecule has 7 heteroatoms. The molecule has 1 aromatic carbocycles. The first-order chi connectivity index (χ1) is 12.5. The van der Waals surface area contributed by atoms with Crippen molar-refractivity contribution in [3.63, 3.8) is 0 Å². The number of guanidine groups is 1. The van der Waals surface area contributed by atoms with Crippen molar-refractivity contribution in [2.75, 3.05) is 19.7 Å². The number of hydrogen-bond acceptors (Lipinski definition) is 4. The SMILES string of the molecule is CCCOc1cccc(CN=C(NCC)NCC(C)(O)c2cccs2)c1.I. The zero-order chi connectivity index (χ0) is 18.8. The van der Waals surface area contributed by atoms with Gasteiger partial charge in [0.15, 0.2) is 5.96 Å². The zero-order valence-corrected chi connectivity index (χ0v) is 19.3. The Bertz CT molecular complexity index is 690. The number of halogens is 1. The van der Waals surface area contributed by atoms with Crippen molar-refractivity contribution in [1.29, 1.82) is 0 Å². The Morgan fingerprint density at radius 2 is 2.04 bits per heavy atom. The Morgan fingerprint density at radius 3 is 2.70 bits per heavy atom. The monoisotopic (exact) mass is 503 g/mol. The summed E-state index contributed by atoms with van der Waals surface area (Å²) in [5.41, 5.74) is 0.152. The lowest BCUT2D eigenvalue weighted by Gasteiger charge is -2.23. The Morgan fingerprint density at radius 1 is 1.22 bits per heavy atom. The molecule has 1 atom stereocenters. The number of nitrogens with one attached hydrogen (secondary N) is 2. The van der Waals surface area contributed by atoms with Gasteiger partial charge in [0.1, 0.15) is 11.4 Å². The van der Waals surface area contributed by atoms with Gasteiger partial charge >= 0.3 is 0 Å². The molecule has 2 aromatic rings. The van der Waals surface area contributed by atoms with Gasteiger partial charge in [0.05, 0.1) is 19.7 Å². The van der Waals surface area contributed by atoms with Crippen molar-refractivity contribution in [1.82, 2.24) is 10.6 Å². The van der Waals surface area contributed by atoms with Gasteiger partial charge in [-0.25, -0.2) is 4.99 Å². The minimum Gasteiger partial charge on any atom is -0.494 e. The maximum absolute atomic E-state index is 10.6. The highest BCUT2D eigenvalue weighted by Crippen LogP contribution is 2.24. The fourth-order valence-corrected chi connectivity index (χ4v) is 3.18. The molecule has 0 saturated heterocycles. The smallest absolute Gasteiger partial charge is 0.191 e. The Kier molecular flexibility index (Phi) is 10.7. The molecule has 0 amide bonds. The molecule has 0 saturated carbocycles. The lowest BCUT2D eigenvalue weighted by Crippen LogP contribution is -2.44. The van der Waals surface area contributed by atoms with Crippen LogP contribution in [-0.2, 0) is 12.1 Å². The summed E-state index contributed by atoms with van der Waals surface area (Å²) >= 11 is 1.55. The summed E-state index contributed by atoms with van der Waals surface area (Å²) in [6, 6.07) is 11.9. The second-order valence-corrected chi connectivity index (χ2v) is 7.24. The van der Waals surface area contributed by atoms with Gasteiger partial charge in [-0.15, -0.1) is 35.3 Å².